The van der Waals surface area contributed by atoms with E-state index in [2.05, 4.69) is 15.5 Å². The van der Waals surface area contributed by atoms with Crippen molar-refractivity contribution in [3.05, 3.63) is 35.3 Å². The zero-order valence-corrected chi connectivity index (χ0v) is 14.1. The molecule has 0 atom stereocenters. The largest absolute Gasteiger partial charge is 0.360 e. The minimum absolute atomic E-state index is 0.0127. The van der Waals surface area contributed by atoms with Gasteiger partial charge in [0.25, 0.3) is 0 Å². The van der Waals surface area contributed by atoms with Crippen molar-refractivity contribution in [1.82, 2.24) is 14.4 Å². The summed E-state index contributed by atoms with van der Waals surface area (Å²) in [5.41, 5.74) is 1.22. The van der Waals surface area contributed by atoms with Gasteiger partial charge in [0, 0.05) is 13.2 Å². The van der Waals surface area contributed by atoms with Crippen LogP contribution in [-0.4, -0.2) is 42.4 Å². The minimum Gasteiger partial charge on any atom is -0.360 e. The second-order valence-corrected chi connectivity index (χ2v) is 7.17. The Hall–Kier alpha value is -2.26. The van der Waals surface area contributed by atoms with E-state index in [0.29, 0.717) is 5.82 Å². The van der Waals surface area contributed by atoms with Crippen molar-refractivity contribution >= 4 is 21.7 Å². The fourth-order valence-corrected chi connectivity index (χ4v) is 3.42. The van der Waals surface area contributed by atoms with E-state index in [9.17, 15) is 13.2 Å². The van der Waals surface area contributed by atoms with Crippen LogP contribution < -0.4 is 5.32 Å². The Morgan fingerprint density at radius 2 is 2.00 bits per heavy atom. The monoisotopic (exact) mass is 338 g/mol. The molecular formula is C14H18N4O4S. The number of likely N-dealkylation sites (N-methyl/N-ethyl adjacent to an activating group) is 1. The van der Waals surface area contributed by atoms with Crippen LogP contribution in [0.15, 0.2) is 27.7 Å². The second kappa shape index (κ2) is 6.47. The van der Waals surface area contributed by atoms with Crippen molar-refractivity contribution in [2.24, 2.45) is 0 Å². The molecule has 9 heteroatoms. The number of aryl methyl sites for hydroxylation is 3. The molecule has 0 aliphatic rings. The van der Waals surface area contributed by atoms with Gasteiger partial charge in [-0.25, -0.2) is 13.4 Å². The highest BCUT2D eigenvalue weighted by atomic mass is 32.2. The highest BCUT2D eigenvalue weighted by Gasteiger charge is 2.29. The maximum atomic E-state index is 12.5. The lowest BCUT2D eigenvalue weighted by Gasteiger charge is -2.16. The van der Waals surface area contributed by atoms with Crippen LogP contribution in [-0.2, 0) is 14.8 Å². The smallest absolute Gasteiger partial charge is 0.248 e. The van der Waals surface area contributed by atoms with Crippen LogP contribution in [0.25, 0.3) is 0 Å². The van der Waals surface area contributed by atoms with Gasteiger partial charge in [-0.15, -0.1) is 0 Å². The molecule has 0 unspecified atom stereocenters. The first-order chi connectivity index (χ1) is 10.7. The zero-order valence-electron chi connectivity index (χ0n) is 13.3. The summed E-state index contributed by atoms with van der Waals surface area (Å²) < 4.78 is 30.8. The molecule has 0 saturated heterocycles. The van der Waals surface area contributed by atoms with Crippen LogP contribution in [0, 0.1) is 20.8 Å². The third-order valence-corrected chi connectivity index (χ3v) is 5.23. The molecule has 0 bridgehead atoms. The van der Waals surface area contributed by atoms with Crippen LogP contribution in [0.1, 0.15) is 17.0 Å². The molecule has 0 saturated carbocycles. The molecule has 0 aromatic carbocycles. The van der Waals surface area contributed by atoms with Crippen molar-refractivity contribution in [2.75, 3.05) is 18.9 Å². The molecule has 1 N–H and O–H groups in total. The predicted molar refractivity (Wildman–Crippen MR) is 83.4 cm³/mol. The number of aromatic nitrogens is 2. The second-order valence-electron chi connectivity index (χ2n) is 5.18. The van der Waals surface area contributed by atoms with Gasteiger partial charge in [0.1, 0.15) is 16.4 Å². The number of rotatable bonds is 5. The summed E-state index contributed by atoms with van der Waals surface area (Å²) in [6.07, 6.45) is 1.61. The molecule has 2 heterocycles. The Kier molecular flexibility index (Phi) is 4.81. The molecule has 0 aliphatic carbocycles. The predicted octanol–water partition coefficient (Wildman–Crippen LogP) is 1.25. The van der Waals surface area contributed by atoms with Crippen LogP contribution >= 0.6 is 0 Å². The van der Waals surface area contributed by atoms with Crippen LogP contribution in [0.4, 0.5) is 5.82 Å². The van der Waals surface area contributed by atoms with E-state index in [1.165, 1.54) is 20.9 Å². The zero-order chi connectivity index (χ0) is 17.2. The number of sulfonamides is 1. The maximum absolute atomic E-state index is 12.5. The van der Waals surface area contributed by atoms with E-state index in [-0.39, 0.29) is 22.9 Å². The van der Waals surface area contributed by atoms with Crippen molar-refractivity contribution in [3.8, 4) is 0 Å². The number of pyridine rings is 1. The van der Waals surface area contributed by atoms with Gasteiger partial charge in [-0.1, -0.05) is 11.2 Å². The van der Waals surface area contributed by atoms with Crippen LogP contribution in [0.2, 0.25) is 0 Å². The van der Waals surface area contributed by atoms with Gasteiger partial charge in [-0.05, 0) is 32.4 Å². The van der Waals surface area contributed by atoms with E-state index in [1.807, 2.05) is 6.92 Å². The number of anilines is 1. The lowest BCUT2D eigenvalue weighted by molar-refractivity contribution is -0.116. The first-order valence-electron chi connectivity index (χ1n) is 6.83. The molecule has 23 heavy (non-hydrogen) atoms. The SMILES string of the molecule is Cc1ccc(NC(=O)CN(C)S(=O)(=O)c2c(C)noc2C)nc1. The summed E-state index contributed by atoms with van der Waals surface area (Å²) in [7, 11) is -2.53. The Labute approximate surface area is 134 Å². The lowest BCUT2D eigenvalue weighted by atomic mass is 10.3. The molecule has 1 amide bonds. The van der Waals surface area contributed by atoms with Gasteiger partial charge in [-0.2, -0.15) is 4.31 Å². The number of carbonyl (C=O) groups is 1. The summed E-state index contributed by atoms with van der Waals surface area (Å²) in [5.74, 6) is 0.0675. The number of amides is 1. The highest BCUT2D eigenvalue weighted by Crippen LogP contribution is 2.22. The number of hydrogen-bond donors (Lipinski definition) is 1. The summed E-state index contributed by atoms with van der Waals surface area (Å²) in [6, 6.07) is 3.45. The summed E-state index contributed by atoms with van der Waals surface area (Å²) in [4.78, 5) is 16.0. The lowest BCUT2D eigenvalue weighted by Crippen LogP contribution is -2.35. The number of nitrogens with one attached hydrogen (secondary N) is 1. The Balaban J connectivity index is 2.10. The van der Waals surface area contributed by atoms with Crippen molar-refractivity contribution in [2.45, 2.75) is 25.7 Å². The first-order valence-corrected chi connectivity index (χ1v) is 8.27. The average molecular weight is 338 g/mol. The third kappa shape index (κ3) is 3.74. The molecule has 2 aromatic rings. The Morgan fingerprint density at radius 3 is 2.52 bits per heavy atom. The summed E-state index contributed by atoms with van der Waals surface area (Å²) in [6.45, 7) is 4.58. The Bertz CT molecular complexity index is 792. The molecule has 124 valence electrons. The summed E-state index contributed by atoms with van der Waals surface area (Å²) >= 11 is 0. The Morgan fingerprint density at radius 1 is 1.30 bits per heavy atom. The normalized spacial score (nSPS) is 11.7. The molecule has 0 radical (unpaired) electrons. The maximum Gasteiger partial charge on any atom is 0.248 e. The number of hydrogen-bond acceptors (Lipinski definition) is 6. The van der Waals surface area contributed by atoms with Gasteiger partial charge in [-0.3, -0.25) is 4.79 Å². The molecule has 0 aliphatic heterocycles. The van der Waals surface area contributed by atoms with Crippen molar-refractivity contribution in [1.29, 1.82) is 0 Å². The van der Waals surface area contributed by atoms with Crippen molar-refractivity contribution in [3.63, 3.8) is 0 Å². The molecule has 8 nitrogen and oxygen atoms in total. The van der Waals surface area contributed by atoms with E-state index in [0.717, 1.165) is 9.87 Å². The molecule has 0 fully saturated rings. The first kappa shape index (κ1) is 17.1. The average Bonchev–Trinajstić information content (AvgIpc) is 2.81. The standard InChI is InChI=1S/C14H18N4O4S/c1-9-5-6-12(15-7-9)16-13(19)8-18(4)23(20,21)14-10(2)17-22-11(14)3/h5-7H,8H2,1-4H3,(H,15,16,19). The number of carbonyl (C=O) groups excluding carboxylic acids is 1. The highest BCUT2D eigenvalue weighted by molar-refractivity contribution is 7.89. The topological polar surface area (TPSA) is 105 Å². The van der Waals surface area contributed by atoms with Gasteiger partial charge >= 0.3 is 0 Å². The van der Waals surface area contributed by atoms with E-state index < -0.39 is 15.9 Å². The minimum atomic E-state index is -3.86. The number of nitrogens with zero attached hydrogens (tertiary/aromatic N) is 3. The van der Waals surface area contributed by atoms with Crippen molar-refractivity contribution < 1.29 is 17.7 Å². The fourth-order valence-electron chi connectivity index (χ4n) is 2.01. The van der Waals surface area contributed by atoms with E-state index >= 15 is 0 Å². The van der Waals surface area contributed by atoms with Crippen LogP contribution in [0.3, 0.4) is 0 Å². The van der Waals surface area contributed by atoms with Gasteiger partial charge < -0.3 is 9.84 Å². The molecule has 0 spiro atoms. The van der Waals surface area contributed by atoms with Gasteiger partial charge in [0.15, 0.2) is 5.76 Å². The molecule has 2 aromatic heterocycles. The molecule has 2 rings (SSSR count). The van der Waals surface area contributed by atoms with E-state index in [1.54, 1.807) is 18.3 Å². The third-order valence-electron chi connectivity index (χ3n) is 3.18. The fraction of sp³-hybridized carbons (Fsp3) is 0.357. The molecular weight excluding hydrogens is 320 g/mol. The summed E-state index contributed by atoms with van der Waals surface area (Å²) in [5, 5.41) is 6.18. The van der Waals surface area contributed by atoms with Crippen LogP contribution in [0.5, 0.6) is 0 Å². The van der Waals surface area contributed by atoms with Gasteiger partial charge in [0.2, 0.25) is 15.9 Å². The van der Waals surface area contributed by atoms with E-state index in [4.69, 9.17) is 4.52 Å². The van der Waals surface area contributed by atoms with Gasteiger partial charge in [0.05, 0.1) is 6.54 Å². The quantitative estimate of drug-likeness (QED) is 0.879.